The van der Waals surface area contributed by atoms with Crippen LogP contribution in [0.2, 0.25) is 0 Å². The van der Waals surface area contributed by atoms with E-state index in [0.717, 1.165) is 42.6 Å². The van der Waals surface area contributed by atoms with E-state index in [2.05, 4.69) is 10.1 Å². The van der Waals surface area contributed by atoms with Crippen LogP contribution in [0.3, 0.4) is 0 Å². The van der Waals surface area contributed by atoms with Crippen LogP contribution in [0.25, 0.3) is 11.1 Å². The zero-order chi connectivity index (χ0) is 17.5. The van der Waals surface area contributed by atoms with Gasteiger partial charge in [-0.15, -0.1) is 0 Å². The number of nitrogens with one attached hydrogen (secondary N) is 1. The highest BCUT2D eigenvalue weighted by Crippen LogP contribution is 2.28. The van der Waals surface area contributed by atoms with Gasteiger partial charge in [-0.3, -0.25) is 5.32 Å². The highest BCUT2D eigenvalue weighted by molar-refractivity contribution is 5.91. The van der Waals surface area contributed by atoms with Gasteiger partial charge in [0.15, 0.2) is 6.29 Å². The van der Waals surface area contributed by atoms with Gasteiger partial charge in [-0.1, -0.05) is 42.5 Å². The number of carbonyl (C=O) groups is 1. The van der Waals surface area contributed by atoms with Crippen molar-refractivity contribution in [1.29, 1.82) is 0 Å². The minimum atomic E-state index is -0.482. The normalized spacial score (nSPS) is 17.1. The van der Waals surface area contributed by atoms with E-state index < -0.39 is 6.09 Å². The minimum Gasteiger partial charge on any atom is -0.453 e. The van der Waals surface area contributed by atoms with Gasteiger partial charge in [0.2, 0.25) is 0 Å². The van der Waals surface area contributed by atoms with E-state index in [1.54, 1.807) is 0 Å². The van der Waals surface area contributed by atoms with E-state index in [1.807, 2.05) is 48.5 Å². The number of anilines is 1. The summed E-state index contributed by atoms with van der Waals surface area (Å²) in [6.45, 7) is 1.32. The Morgan fingerprint density at radius 1 is 1.16 bits per heavy atom. The second-order valence-electron chi connectivity index (χ2n) is 5.97. The summed E-state index contributed by atoms with van der Waals surface area (Å²) >= 11 is 0. The monoisotopic (exact) mass is 341 g/mol. The number of rotatable bonds is 5. The molecule has 1 fully saturated rings. The molecule has 5 nitrogen and oxygen atoms in total. The SMILES string of the molecule is COC(=O)Nc1ccccc1-c1ccc(COC2CCCCO2)cc1. The van der Waals surface area contributed by atoms with Gasteiger partial charge in [-0.05, 0) is 36.5 Å². The first-order valence-corrected chi connectivity index (χ1v) is 8.53. The first-order chi connectivity index (χ1) is 12.3. The highest BCUT2D eigenvalue weighted by atomic mass is 16.7. The minimum absolute atomic E-state index is 0.0848. The number of carbonyl (C=O) groups excluding carboxylic acids is 1. The molecule has 1 unspecified atom stereocenters. The van der Waals surface area contributed by atoms with Gasteiger partial charge in [-0.25, -0.2) is 4.79 Å². The molecule has 0 saturated carbocycles. The molecular formula is C20H23NO4. The Balaban J connectivity index is 1.66. The van der Waals surface area contributed by atoms with E-state index in [9.17, 15) is 4.79 Å². The Morgan fingerprint density at radius 3 is 2.68 bits per heavy atom. The van der Waals surface area contributed by atoms with Crippen molar-refractivity contribution in [1.82, 2.24) is 0 Å². The summed E-state index contributed by atoms with van der Waals surface area (Å²) in [6, 6.07) is 15.8. The van der Waals surface area contributed by atoms with Crippen molar-refractivity contribution in [2.45, 2.75) is 32.2 Å². The lowest BCUT2D eigenvalue weighted by atomic mass is 10.0. The fraction of sp³-hybridized carbons (Fsp3) is 0.350. The van der Waals surface area contributed by atoms with Gasteiger partial charge in [0.1, 0.15) is 0 Å². The molecule has 0 bridgehead atoms. The third-order valence-corrected chi connectivity index (χ3v) is 4.19. The van der Waals surface area contributed by atoms with Crippen LogP contribution in [0.5, 0.6) is 0 Å². The highest BCUT2D eigenvalue weighted by Gasteiger charge is 2.14. The number of ether oxygens (including phenoxy) is 3. The number of para-hydroxylation sites is 1. The molecule has 1 N–H and O–H groups in total. The van der Waals surface area contributed by atoms with Gasteiger partial charge in [-0.2, -0.15) is 0 Å². The average molecular weight is 341 g/mol. The van der Waals surface area contributed by atoms with E-state index >= 15 is 0 Å². The third-order valence-electron chi connectivity index (χ3n) is 4.19. The number of hydrogen-bond donors (Lipinski definition) is 1. The van der Waals surface area contributed by atoms with Crippen LogP contribution in [-0.2, 0) is 20.8 Å². The summed E-state index contributed by atoms with van der Waals surface area (Å²) in [5.74, 6) is 0. The molecular weight excluding hydrogens is 318 g/mol. The number of amides is 1. The predicted molar refractivity (Wildman–Crippen MR) is 96.3 cm³/mol. The zero-order valence-electron chi connectivity index (χ0n) is 14.4. The molecule has 2 aromatic rings. The average Bonchev–Trinajstić information content (AvgIpc) is 2.68. The maximum absolute atomic E-state index is 11.5. The first-order valence-electron chi connectivity index (χ1n) is 8.53. The van der Waals surface area contributed by atoms with Crippen molar-refractivity contribution >= 4 is 11.8 Å². The number of methoxy groups -OCH3 is 1. The Labute approximate surface area is 147 Å². The molecule has 1 atom stereocenters. The van der Waals surface area contributed by atoms with E-state index in [-0.39, 0.29) is 6.29 Å². The molecule has 1 saturated heterocycles. The second kappa shape index (κ2) is 8.65. The van der Waals surface area contributed by atoms with Crippen LogP contribution < -0.4 is 5.32 Å². The number of hydrogen-bond acceptors (Lipinski definition) is 4. The van der Waals surface area contributed by atoms with Crippen molar-refractivity contribution in [3.8, 4) is 11.1 Å². The van der Waals surface area contributed by atoms with Crippen LogP contribution in [0, 0.1) is 0 Å². The molecule has 0 aliphatic carbocycles. The molecule has 1 aliphatic heterocycles. The third kappa shape index (κ3) is 4.81. The predicted octanol–water partition coefficient (Wildman–Crippen LogP) is 4.58. The second-order valence-corrected chi connectivity index (χ2v) is 5.97. The molecule has 0 radical (unpaired) electrons. The maximum Gasteiger partial charge on any atom is 0.411 e. The molecule has 2 aromatic carbocycles. The smallest absolute Gasteiger partial charge is 0.411 e. The van der Waals surface area contributed by atoms with Crippen molar-refractivity contribution in [3.05, 3.63) is 54.1 Å². The quantitative estimate of drug-likeness (QED) is 0.865. The summed E-state index contributed by atoms with van der Waals surface area (Å²) < 4.78 is 16.1. The van der Waals surface area contributed by atoms with Crippen LogP contribution in [0.4, 0.5) is 10.5 Å². The van der Waals surface area contributed by atoms with Crippen LogP contribution in [0.15, 0.2) is 48.5 Å². The van der Waals surface area contributed by atoms with Gasteiger partial charge in [0.05, 0.1) is 19.4 Å². The van der Waals surface area contributed by atoms with Gasteiger partial charge >= 0.3 is 6.09 Å². The Hall–Kier alpha value is -2.37. The summed E-state index contributed by atoms with van der Waals surface area (Å²) in [5, 5.41) is 2.74. The lowest BCUT2D eigenvalue weighted by molar-refractivity contribution is -0.168. The fourth-order valence-electron chi connectivity index (χ4n) is 2.82. The maximum atomic E-state index is 11.5. The summed E-state index contributed by atoms with van der Waals surface area (Å²) in [5.41, 5.74) is 3.77. The van der Waals surface area contributed by atoms with Crippen molar-refractivity contribution in [2.75, 3.05) is 19.0 Å². The summed E-state index contributed by atoms with van der Waals surface area (Å²) in [7, 11) is 1.35. The molecule has 0 spiro atoms. The molecule has 25 heavy (non-hydrogen) atoms. The topological polar surface area (TPSA) is 56.8 Å². The van der Waals surface area contributed by atoms with E-state index in [4.69, 9.17) is 9.47 Å². The van der Waals surface area contributed by atoms with Gasteiger partial charge in [0.25, 0.3) is 0 Å². The largest absolute Gasteiger partial charge is 0.453 e. The lowest BCUT2D eigenvalue weighted by Gasteiger charge is -2.22. The van der Waals surface area contributed by atoms with Crippen molar-refractivity contribution in [3.63, 3.8) is 0 Å². The Kier molecular flexibility index (Phi) is 6.04. The molecule has 5 heteroatoms. The molecule has 132 valence electrons. The standard InChI is InChI=1S/C20H23NO4/c1-23-20(22)21-18-7-3-2-6-17(18)16-11-9-15(10-12-16)14-25-19-8-4-5-13-24-19/h2-3,6-7,9-12,19H,4-5,8,13-14H2,1H3,(H,21,22). The van der Waals surface area contributed by atoms with Gasteiger partial charge in [0, 0.05) is 12.2 Å². The molecule has 1 amide bonds. The molecule has 3 rings (SSSR count). The van der Waals surface area contributed by atoms with Crippen LogP contribution in [0.1, 0.15) is 24.8 Å². The molecule has 1 heterocycles. The Morgan fingerprint density at radius 2 is 1.96 bits per heavy atom. The van der Waals surface area contributed by atoms with Gasteiger partial charge < -0.3 is 14.2 Å². The van der Waals surface area contributed by atoms with Crippen molar-refractivity contribution < 1.29 is 19.0 Å². The Bertz CT molecular complexity index is 693. The number of benzene rings is 2. The zero-order valence-corrected chi connectivity index (χ0v) is 14.4. The van der Waals surface area contributed by atoms with E-state index in [0.29, 0.717) is 12.3 Å². The van der Waals surface area contributed by atoms with Crippen LogP contribution >= 0.6 is 0 Å². The first kappa shape index (κ1) is 17.5. The van der Waals surface area contributed by atoms with Crippen molar-refractivity contribution in [2.24, 2.45) is 0 Å². The summed E-state index contributed by atoms with van der Waals surface area (Å²) in [6.07, 6.45) is 2.68. The molecule has 1 aliphatic rings. The lowest BCUT2D eigenvalue weighted by Crippen LogP contribution is -2.21. The van der Waals surface area contributed by atoms with Crippen LogP contribution in [-0.4, -0.2) is 26.1 Å². The van der Waals surface area contributed by atoms with E-state index in [1.165, 1.54) is 7.11 Å². The fourth-order valence-corrected chi connectivity index (χ4v) is 2.82. The summed E-state index contributed by atoms with van der Waals surface area (Å²) in [4.78, 5) is 11.5. The molecule has 0 aromatic heterocycles.